The molecule has 162 valence electrons. The summed E-state index contributed by atoms with van der Waals surface area (Å²) in [7, 11) is 0. The van der Waals surface area contributed by atoms with E-state index < -0.39 is 6.36 Å². The number of halogens is 4. The second-order valence-corrected chi connectivity index (χ2v) is 7.80. The first-order chi connectivity index (χ1) is 14.7. The molecule has 2 amide bonds. The average molecular weight is 451 g/mol. The molecule has 5 nitrogen and oxygen atoms in total. The van der Waals surface area contributed by atoms with E-state index in [1.807, 2.05) is 18.2 Å². The summed E-state index contributed by atoms with van der Waals surface area (Å²) >= 11 is 6.14. The van der Waals surface area contributed by atoms with Crippen LogP contribution in [-0.2, 0) is 16.0 Å². The SMILES string of the molecule is O=C(/C=C/c1ccc(OC(F)(F)F)cc1)N1CC(=O)N2CCc3ccc(Cl)cc3C2C1. The van der Waals surface area contributed by atoms with Gasteiger partial charge in [0.1, 0.15) is 12.3 Å². The number of carbonyl (C=O) groups excluding carboxylic acids is 2. The van der Waals surface area contributed by atoms with Crippen LogP contribution in [0.3, 0.4) is 0 Å². The zero-order valence-corrected chi connectivity index (χ0v) is 17.0. The van der Waals surface area contributed by atoms with Gasteiger partial charge in [-0.25, -0.2) is 0 Å². The summed E-state index contributed by atoms with van der Waals surface area (Å²) in [5.41, 5.74) is 2.60. The number of amides is 2. The average Bonchev–Trinajstić information content (AvgIpc) is 2.71. The number of ether oxygens (including phenoxy) is 1. The van der Waals surface area contributed by atoms with Crippen LogP contribution in [0.5, 0.6) is 5.75 Å². The zero-order chi connectivity index (χ0) is 22.2. The molecule has 4 rings (SSSR count). The topological polar surface area (TPSA) is 49.9 Å². The molecule has 9 heteroatoms. The Bertz CT molecular complexity index is 1040. The Morgan fingerprint density at radius 1 is 1.16 bits per heavy atom. The summed E-state index contributed by atoms with van der Waals surface area (Å²) in [6.07, 6.45) is -1.22. The van der Waals surface area contributed by atoms with Crippen molar-refractivity contribution in [1.82, 2.24) is 9.80 Å². The minimum atomic E-state index is -4.76. The number of alkyl halides is 3. The maximum absolute atomic E-state index is 12.7. The van der Waals surface area contributed by atoms with E-state index in [2.05, 4.69) is 4.74 Å². The molecule has 2 aromatic rings. The molecule has 1 atom stereocenters. The van der Waals surface area contributed by atoms with Gasteiger partial charge in [-0.1, -0.05) is 29.8 Å². The lowest BCUT2D eigenvalue weighted by molar-refractivity contribution is -0.274. The molecular weight excluding hydrogens is 433 g/mol. The van der Waals surface area contributed by atoms with Gasteiger partial charge in [-0.05, 0) is 53.5 Å². The van der Waals surface area contributed by atoms with Gasteiger partial charge in [0, 0.05) is 24.2 Å². The second-order valence-electron chi connectivity index (χ2n) is 7.36. The molecule has 0 aliphatic carbocycles. The third kappa shape index (κ3) is 4.85. The highest BCUT2D eigenvalue weighted by molar-refractivity contribution is 6.30. The number of carbonyl (C=O) groups is 2. The molecule has 1 saturated heterocycles. The summed E-state index contributed by atoms with van der Waals surface area (Å²) in [6, 6.07) is 10.5. The molecule has 1 fully saturated rings. The van der Waals surface area contributed by atoms with Crippen LogP contribution < -0.4 is 4.74 Å². The molecular formula is C22H18ClF3N2O3. The predicted octanol–water partition coefficient (Wildman–Crippen LogP) is 4.22. The van der Waals surface area contributed by atoms with Crippen LogP contribution >= 0.6 is 11.6 Å². The van der Waals surface area contributed by atoms with Crippen molar-refractivity contribution in [1.29, 1.82) is 0 Å². The van der Waals surface area contributed by atoms with Gasteiger partial charge in [-0.2, -0.15) is 0 Å². The number of benzene rings is 2. The molecule has 31 heavy (non-hydrogen) atoms. The monoisotopic (exact) mass is 450 g/mol. The number of hydrogen-bond acceptors (Lipinski definition) is 3. The predicted molar refractivity (Wildman–Crippen MR) is 108 cm³/mol. The minimum absolute atomic E-state index is 0.0199. The third-order valence-electron chi connectivity index (χ3n) is 5.35. The zero-order valence-electron chi connectivity index (χ0n) is 16.2. The molecule has 0 radical (unpaired) electrons. The van der Waals surface area contributed by atoms with E-state index in [9.17, 15) is 22.8 Å². The van der Waals surface area contributed by atoms with Crippen molar-refractivity contribution in [3.8, 4) is 5.75 Å². The highest BCUT2D eigenvalue weighted by Crippen LogP contribution is 2.34. The van der Waals surface area contributed by atoms with Crippen LogP contribution in [0.15, 0.2) is 48.5 Å². The Kier molecular flexibility index (Phi) is 5.66. The van der Waals surface area contributed by atoms with Crippen LogP contribution in [0.2, 0.25) is 5.02 Å². The summed E-state index contributed by atoms with van der Waals surface area (Å²) < 4.78 is 40.6. The van der Waals surface area contributed by atoms with Crippen LogP contribution in [0.4, 0.5) is 13.2 Å². The Balaban J connectivity index is 1.46. The highest BCUT2D eigenvalue weighted by Gasteiger charge is 2.38. The van der Waals surface area contributed by atoms with Gasteiger partial charge in [0.2, 0.25) is 11.8 Å². The lowest BCUT2D eigenvalue weighted by Crippen LogP contribution is -2.55. The van der Waals surface area contributed by atoms with Gasteiger partial charge in [-0.15, -0.1) is 13.2 Å². The fourth-order valence-corrected chi connectivity index (χ4v) is 4.09. The minimum Gasteiger partial charge on any atom is -0.406 e. The van der Waals surface area contributed by atoms with E-state index in [0.717, 1.165) is 17.5 Å². The first kappa shape index (κ1) is 21.2. The third-order valence-corrected chi connectivity index (χ3v) is 5.58. The van der Waals surface area contributed by atoms with Gasteiger partial charge in [0.15, 0.2) is 0 Å². The fourth-order valence-electron chi connectivity index (χ4n) is 3.91. The lowest BCUT2D eigenvalue weighted by Gasteiger charge is -2.44. The van der Waals surface area contributed by atoms with Gasteiger partial charge < -0.3 is 14.5 Å². The first-order valence-electron chi connectivity index (χ1n) is 9.60. The van der Waals surface area contributed by atoms with Crippen molar-refractivity contribution in [2.24, 2.45) is 0 Å². The molecule has 0 N–H and O–H groups in total. The largest absolute Gasteiger partial charge is 0.573 e. The van der Waals surface area contributed by atoms with Crippen LogP contribution in [-0.4, -0.2) is 47.6 Å². The van der Waals surface area contributed by atoms with Crippen molar-refractivity contribution in [3.63, 3.8) is 0 Å². The quantitative estimate of drug-likeness (QED) is 0.658. The van der Waals surface area contributed by atoms with Crippen LogP contribution in [0.25, 0.3) is 6.08 Å². The number of fused-ring (bicyclic) bond motifs is 3. The van der Waals surface area contributed by atoms with E-state index in [0.29, 0.717) is 23.7 Å². The Hall–Kier alpha value is -3.00. The molecule has 0 aromatic heterocycles. The molecule has 0 spiro atoms. The number of rotatable bonds is 3. The number of hydrogen-bond donors (Lipinski definition) is 0. The summed E-state index contributed by atoms with van der Waals surface area (Å²) in [5, 5.41) is 0.578. The van der Waals surface area contributed by atoms with Crippen molar-refractivity contribution >= 4 is 29.5 Å². The molecule has 2 aromatic carbocycles. The highest BCUT2D eigenvalue weighted by atomic mass is 35.5. The van der Waals surface area contributed by atoms with E-state index in [-0.39, 0.29) is 30.2 Å². The summed E-state index contributed by atoms with van der Waals surface area (Å²) in [5.74, 6) is -0.817. The smallest absolute Gasteiger partial charge is 0.406 e. The maximum atomic E-state index is 12.7. The van der Waals surface area contributed by atoms with Crippen molar-refractivity contribution < 1.29 is 27.5 Å². The molecule has 0 bridgehead atoms. The molecule has 0 saturated carbocycles. The van der Waals surface area contributed by atoms with Crippen molar-refractivity contribution in [3.05, 3.63) is 70.3 Å². The first-order valence-corrected chi connectivity index (χ1v) is 9.98. The van der Waals surface area contributed by atoms with Crippen molar-refractivity contribution in [2.45, 2.75) is 18.8 Å². The normalized spacial score (nSPS) is 18.7. The Labute approximate surface area is 181 Å². The van der Waals surface area contributed by atoms with E-state index in [1.165, 1.54) is 41.3 Å². The second kappa shape index (κ2) is 8.26. The summed E-state index contributed by atoms with van der Waals surface area (Å²) in [4.78, 5) is 28.6. The molecule has 2 aliphatic rings. The van der Waals surface area contributed by atoms with E-state index in [4.69, 9.17) is 11.6 Å². The molecule has 2 heterocycles. The van der Waals surface area contributed by atoms with Gasteiger partial charge in [0.05, 0.1) is 6.04 Å². The fraction of sp³-hybridized carbons (Fsp3) is 0.273. The summed E-state index contributed by atoms with van der Waals surface area (Å²) in [6.45, 7) is 0.927. The molecule has 2 aliphatic heterocycles. The Morgan fingerprint density at radius 3 is 2.61 bits per heavy atom. The van der Waals surface area contributed by atoms with Crippen molar-refractivity contribution in [2.75, 3.05) is 19.6 Å². The molecule has 1 unspecified atom stereocenters. The van der Waals surface area contributed by atoms with Crippen LogP contribution in [0, 0.1) is 0 Å². The van der Waals surface area contributed by atoms with Gasteiger partial charge in [0.25, 0.3) is 0 Å². The van der Waals surface area contributed by atoms with Gasteiger partial charge in [-0.3, -0.25) is 9.59 Å². The van der Waals surface area contributed by atoms with E-state index in [1.54, 1.807) is 4.90 Å². The van der Waals surface area contributed by atoms with Crippen LogP contribution in [0.1, 0.15) is 22.7 Å². The lowest BCUT2D eigenvalue weighted by atomic mass is 9.90. The number of nitrogens with zero attached hydrogens (tertiary/aromatic N) is 2. The number of piperazine rings is 1. The van der Waals surface area contributed by atoms with Gasteiger partial charge >= 0.3 is 6.36 Å². The Morgan fingerprint density at radius 2 is 1.90 bits per heavy atom. The van der Waals surface area contributed by atoms with E-state index >= 15 is 0 Å². The maximum Gasteiger partial charge on any atom is 0.573 e. The standard InChI is InChI=1S/C22H18ClF3N2O3/c23-16-5-4-15-9-10-28-19(18(15)11-16)12-27(13-21(28)30)20(29)8-3-14-1-6-17(7-2-14)31-22(24,25)26/h1-8,11,19H,9-10,12-13H2/b8-3+.